The highest BCUT2D eigenvalue weighted by Crippen LogP contribution is 2.42. The summed E-state index contributed by atoms with van der Waals surface area (Å²) in [4.78, 5) is 16.0. The summed E-state index contributed by atoms with van der Waals surface area (Å²) >= 11 is 0. The number of Topliss-reactive ketones (excluding diaryl/α,β-unsaturated/α-hetero) is 1. The number of furan rings is 1. The molecule has 0 aliphatic heterocycles. The second-order valence-electron chi connectivity index (χ2n) is 7.18. The van der Waals surface area contributed by atoms with Crippen molar-refractivity contribution >= 4 is 16.9 Å². The minimum absolute atomic E-state index is 0.125. The molecule has 0 fully saturated rings. The van der Waals surface area contributed by atoms with Gasteiger partial charge in [-0.2, -0.15) is 0 Å². The van der Waals surface area contributed by atoms with Gasteiger partial charge in [0.25, 0.3) is 0 Å². The molecule has 0 spiro atoms. The van der Waals surface area contributed by atoms with Crippen LogP contribution in [-0.4, -0.2) is 32.1 Å². The summed E-state index contributed by atoms with van der Waals surface area (Å²) in [5.74, 6) is 2.37. The van der Waals surface area contributed by atoms with Crippen molar-refractivity contribution in [3.05, 3.63) is 60.3 Å². The predicted molar refractivity (Wildman–Crippen MR) is 119 cm³/mol. The van der Waals surface area contributed by atoms with Crippen LogP contribution in [0.4, 0.5) is 0 Å². The molecule has 6 heteroatoms. The average molecular weight is 417 g/mol. The molecule has 0 atom stereocenters. The maximum atomic E-state index is 11.5. The van der Waals surface area contributed by atoms with Gasteiger partial charge in [0, 0.05) is 29.8 Å². The Bertz CT molecular complexity index is 1230. The summed E-state index contributed by atoms with van der Waals surface area (Å²) in [5, 5.41) is 0. The molecule has 31 heavy (non-hydrogen) atoms. The fraction of sp³-hybridized carbons (Fsp3) is 0.200. The minimum atomic E-state index is 0.125. The lowest BCUT2D eigenvalue weighted by atomic mass is 10.0. The average Bonchev–Trinajstić information content (AvgIpc) is 3.22. The second kappa shape index (κ2) is 8.52. The molecule has 0 radical (unpaired) electrons. The molecule has 0 aliphatic rings. The molecule has 2 aromatic heterocycles. The molecule has 2 aromatic carbocycles. The maximum absolute atomic E-state index is 11.5. The molecule has 2 heterocycles. The fourth-order valence-corrected chi connectivity index (χ4v) is 3.67. The lowest BCUT2D eigenvalue weighted by molar-refractivity contribution is -0.116. The number of carbonyl (C=O) groups is 1. The van der Waals surface area contributed by atoms with Crippen LogP contribution in [0.1, 0.15) is 12.5 Å². The summed E-state index contributed by atoms with van der Waals surface area (Å²) in [6.07, 6.45) is 2.15. The zero-order chi connectivity index (χ0) is 22.0. The third-order valence-corrected chi connectivity index (χ3v) is 5.05. The molecule has 4 aromatic rings. The van der Waals surface area contributed by atoms with Gasteiger partial charge in [-0.25, -0.2) is 0 Å². The van der Waals surface area contributed by atoms with Crippen molar-refractivity contribution in [2.75, 3.05) is 21.3 Å². The summed E-state index contributed by atoms with van der Waals surface area (Å²) in [5.41, 5.74) is 5.03. The first kappa shape index (κ1) is 20.5. The predicted octanol–water partition coefficient (Wildman–Crippen LogP) is 5.32. The zero-order valence-electron chi connectivity index (χ0n) is 17.9. The fourth-order valence-electron chi connectivity index (χ4n) is 3.67. The van der Waals surface area contributed by atoms with Gasteiger partial charge in [-0.05, 0) is 36.2 Å². The standard InChI is InChI=1S/C25H23NO5/c1-15(27)10-16-6-5-7-17(11-16)19-8-9-26-20-14-21(31-24(19)20)18-12-22(28-2)25(30-4)23(13-18)29-3/h5-9,11-14H,10H2,1-4H3. The Hall–Kier alpha value is -3.80. The van der Waals surface area contributed by atoms with Crippen LogP contribution in [0.3, 0.4) is 0 Å². The molecule has 0 saturated heterocycles. The van der Waals surface area contributed by atoms with E-state index >= 15 is 0 Å². The minimum Gasteiger partial charge on any atom is -0.493 e. The molecular weight excluding hydrogens is 394 g/mol. The Labute approximate surface area is 180 Å². The van der Waals surface area contributed by atoms with Gasteiger partial charge in [0.1, 0.15) is 17.1 Å². The number of hydrogen-bond acceptors (Lipinski definition) is 6. The van der Waals surface area contributed by atoms with Gasteiger partial charge < -0.3 is 18.6 Å². The summed E-state index contributed by atoms with van der Waals surface area (Å²) in [6, 6.07) is 15.4. The lowest BCUT2D eigenvalue weighted by Crippen LogP contribution is -1.96. The van der Waals surface area contributed by atoms with Gasteiger partial charge in [-0.3, -0.25) is 9.78 Å². The van der Waals surface area contributed by atoms with Crippen molar-refractivity contribution in [3.63, 3.8) is 0 Å². The largest absolute Gasteiger partial charge is 0.493 e. The van der Waals surface area contributed by atoms with Crippen LogP contribution < -0.4 is 14.2 Å². The van der Waals surface area contributed by atoms with Crippen molar-refractivity contribution in [1.82, 2.24) is 4.98 Å². The number of rotatable bonds is 7. The number of methoxy groups -OCH3 is 3. The molecule has 0 amide bonds. The number of benzene rings is 2. The van der Waals surface area contributed by atoms with Crippen molar-refractivity contribution in [1.29, 1.82) is 0 Å². The number of fused-ring (bicyclic) bond motifs is 1. The first-order chi connectivity index (χ1) is 15.0. The zero-order valence-corrected chi connectivity index (χ0v) is 17.9. The summed E-state index contributed by atoms with van der Waals surface area (Å²) in [7, 11) is 4.72. The van der Waals surface area contributed by atoms with Crippen molar-refractivity contribution in [2.24, 2.45) is 0 Å². The van der Waals surface area contributed by atoms with E-state index < -0.39 is 0 Å². The van der Waals surface area contributed by atoms with Crippen LogP contribution >= 0.6 is 0 Å². The van der Waals surface area contributed by atoms with Crippen molar-refractivity contribution in [3.8, 4) is 39.7 Å². The Morgan fingerprint density at radius 2 is 1.68 bits per heavy atom. The van der Waals surface area contributed by atoms with Crippen LogP contribution in [0.15, 0.2) is 59.1 Å². The number of ketones is 1. The van der Waals surface area contributed by atoms with Crippen LogP contribution in [-0.2, 0) is 11.2 Å². The highest BCUT2D eigenvalue weighted by atomic mass is 16.5. The van der Waals surface area contributed by atoms with Crippen LogP contribution in [0.5, 0.6) is 17.2 Å². The van der Waals surface area contributed by atoms with Crippen LogP contribution in [0, 0.1) is 0 Å². The first-order valence-electron chi connectivity index (χ1n) is 9.81. The van der Waals surface area contributed by atoms with Gasteiger partial charge in [0.05, 0.1) is 21.3 Å². The number of pyridine rings is 1. The number of carbonyl (C=O) groups excluding carboxylic acids is 1. The maximum Gasteiger partial charge on any atom is 0.203 e. The van der Waals surface area contributed by atoms with E-state index in [0.717, 1.165) is 27.8 Å². The highest BCUT2D eigenvalue weighted by molar-refractivity contribution is 5.93. The molecule has 4 rings (SSSR count). The lowest BCUT2D eigenvalue weighted by Gasteiger charge is -2.13. The molecular formula is C25H23NO5. The molecule has 0 aliphatic carbocycles. The van der Waals surface area contributed by atoms with E-state index in [9.17, 15) is 4.79 Å². The quantitative estimate of drug-likeness (QED) is 0.405. The second-order valence-corrected chi connectivity index (χ2v) is 7.18. The van der Waals surface area contributed by atoms with Crippen LogP contribution in [0.2, 0.25) is 0 Å². The summed E-state index contributed by atoms with van der Waals surface area (Å²) in [6.45, 7) is 1.59. The normalized spacial score (nSPS) is 10.8. The van der Waals surface area contributed by atoms with Crippen LogP contribution in [0.25, 0.3) is 33.6 Å². The number of ether oxygens (including phenoxy) is 3. The number of hydrogen-bond donors (Lipinski definition) is 0. The van der Waals surface area contributed by atoms with E-state index in [1.54, 1.807) is 34.4 Å². The molecule has 0 unspecified atom stereocenters. The van der Waals surface area contributed by atoms with Gasteiger partial charge in [-0.1, -0.05) is 24.3 Å². The van der Waals surface area contributed by atoms with E-state index in [1.165, 1.54) is 0 Å². The Balaban J connectivity index is 1.83. The van der Waals surface area contributed by atoms with E-state index in [0.29, 0.717) is 35.0 Å². The van der Waals surface area contributed by atoms with Gasteiger partial charge in [-0.15, -0.1) is 0 Å². The van der Waals surface area contributed by atoms with E-state index in [4.69, 9.17) is 18.6 Å². The highest BCUT2D eigenvalue weighted by Gasteiger charge is 2.18. The number of aromatic nitrogens is 1. The molecule has 0 N–H and O–H groups in total. The molecule has 0 bridgehead atoms. The van der Waals surface area contributed by atoms with E-state index in [1.807, 2.05) is 48.5 Å². The van der Waals surface area contributed by atoms with E-state index in [-0.39, 0.29) is 5.78 Å². The van der Waals surface area contributed by atoms with Gasteiger partial charge in [0.15, 0.2) is 17.1 Å². The van der Waals surface area contributed by atoms with Gasteiger partial charge >= 0.3 is 0 Å². The number of nitrogens with zero attached hydrogens (tertiary/aromatic N) is 1. The Morgan fingerprint density at radius 1 is 0.935 bits per heavy atom. The van der Waals surface area contributed by atoms with Crippen molar-refractivity contribution in [2.45, 2.75) is 13.3 Å². The Morgan fingerprint density at radius 3 is 2.32 bits per heavy atom. The monoisotopic (exact) mass is 417 g/mol. The topological polar surface area (TPSA) is 70.8 Å². The van der Waals surface area contributed by atoms with Crippen molar-refractivity contribution < 1.29 is 23.4 Å². The first-order valence-corrected chi connectivity index (χ1v) is 9.81. The third-order valence-electron chi connectivity index (χ3n) is 5.05. The third kappa shape index (κ3) is 3.97. The molecule has 0 saturated carbocycles. The Kier molecular flexibility index (Phi) is 5.62. The SMILES string of the molecule is COc1cc(-c2cc3nccc(-c4cccc(CC(C)=O)c4)c3o2)cc(OC)c1OC. The molecule has 158 valence electrons. The smallest absolute Gasteiger partial charge is 0.203 e. The molecule has 6 nitrogen and oxygen atoms in total. The van der Waals surface area contributed by atoms with Gasteiger partial charge in [0.2, 0.25) is 5.75 Å². The van der Waals surface area contributed by atoms with E-state index in [2.05, 4.69) is 4.98 Å². The summed E-state index contributed by atoms with van der Waals surface area (Å²) < 4.78 is 22.6.